The van der Waals surface area contributed by atoms with Crippen LogP contribution in [-0.4, -0.2) is 27.4 Å². The number of hydrogen-bond acceptors (Lipinski definition) is 5. The molecule has 0 spiro atoms. The predicted molar refractivity (Wildman–Crippen MR) is 87.0 cm³/mol. The Kier molecular flexibility index (Phi) is 5.62. The molecule has 0 aliphatic carbocycles. The van der Waals surface area contributed by atoms with E-state index >= 15 is 0 Å². The Balaban J connectivity index is 1.91. The lowest BCUT2D eigenvalue weighted by Crippen LogP contribution is -2.39. The van der Waals surface area contributed by atoms with E-state index in [2.05, 4.69) is 20.8 Å². The summed E-state index contributed by atoms with van der Waals surface area (Å²) in [6.07, 6.45) is -0.943. The lowest BCUT2D eigenvalue weighted by molar-refractivity contribution is 0.139. The van der Waals surface area contributed by atoms with Gasteiger partial charge in [-0.25, -0.2) is 9.18 Å². The summed E-state index contributed by atoms with van der Waals surface area (Å²) < 4.78 is 12.9. The zero-order valence-electron chi connectivity index (χ0n) is 13.1. The monoisotopic (exact) mass is 338 g/mol. The molecule has 1 aromatic carbocycles. The van der Waals surface area contributed by atoms with E-state index in [1.54, 1.807) is 6.92 Å². The molecule has 2 aromatic rings. The number of aliphatic hydroxyl groups is 1. The quantitative estimate of drug-likeness (QED) is 0.782. The van der Waals surface area contributed by atoms with Crippen LogP contribution >= 0.6 is 11.3 Å². The Labute approximate surface area is 137 Å². The third-order valence-corrected chi connectivity index (χ3v) is 4.34. The largest absolute Gasteiger partial charge is 0.386 e. The highest BCUT2D eigenvalue weighted by Gasteiger charge is 2.19. The van der Waals surface area contributed by atoms with Crippen LogP contribution in [0.5, 0.6) is 0 Å². The number of nitrogens with zero attached hydrogens (tertiary/aromatic N) is 2. The third-order valence-electron chi connectivity index (χ3n) is 3.20. The molecule has 1 heterocycles. The fraction of sp³-hybridized carbons (Fsp3) is 0.400. The molecule has 0 aliphatic rings. The van der Waals surface area contributed by atoms with Crippen LogP contribution < -0.4 is 10.6 Å². The lowest BCUT2D eigenvalue weighted by atomic mass is 10.0. The molecular formula is C15H19FN4O2S. The van der Waals surface area contributed by atoms with Gasteiger partial charge in [0.15, 0.2) is 0 Å². The van der Waals surface area contributed by atoms with Crippen LogP contribution in [-0.2, 0) is 0 Å². The second kappa shape index (κ2) is 7.47. The zero-order chi connectivity index (χ0) is 17.0. The van der Waals surface area contributed by atoms with Crippen molar-refractivity contribution in [2.75, 3.05) is 5.32 Å². The van der Waals surface area contributed by atoms with E-state index in [4.69, 9.17) is 0 Å². The van der Waals surface area contributed by atoms with Gasteiger partial charge in [-0.2, -0.15) is 0 Å². The number of urea groups is 1. The molecule has 0 aliphatic heterocycles. The molecule has 3 N–H and O–H groups in total. The first-order valence-corrected chi connectivity index (χ1v) is 8.03. The van der Waals surface area contributed by atoms with Crippen LogP contribution in [0, 0.1) is 5.82 Å². The fourth-order valence-electron chi connectivity index (χ4n) is 1.89. The van der Waals surface area contributed by atoms with Gasteiger partial charge >= 0.3 is 6.03 Å². The van der Waals surface area contributed by atoms with E-state index in [-0.39, 0.29) is 11.7 Å². The number of aromatic nitrogens is 2. The number of carbonyl (C=O) groups is 1. The molecule has 2 unspecified atom stereocenters. The fourth-order valence-corrected chi connectivity index (χ4v) is 2.63. The van der Waals surface area contributed by atoms with Crippen molar-refractivity contribution in [3.63, 3.8) is 0 Å². The molecule has 2 amide bonds. The van der Waals surface area contributed by atoms with Crippen molar-refractivity contribution in [1.82, 2.24) is 15.5 Å². The summed E-state index contributed by atoms with van der Waals surface area (Å²) in [4.78, 5) is 11.9. The second-order valence-corrected chi connectivity index (χ2v) is 6.49. The van der Waals surface area contributed by atoms with Gasteiger partial charge in [-0.15, -0.1) is 10.2 Å². The molecule has 0 fully saturated rings. The van der Waals surface area contributed by atoms with E-state index in [0.717, 1.165) is 5.01 Å². The number of rotatable bonds is 5. The Morgan fingerprint density at radius 2 is 1.87 bits per heavy atom. The molecule has 0 bridgehead atoms. The first-order chi connectivity index (χ1) is 10.9. The number of halogens is 1. The molecule has 0 radical (unpaired) electrons. The molecular weight excluding hydrogens is 319 g/mol. The van der Waals surface area contributed by atoms with E-state index in [1.807, 2.05) is 13.8 Å². The number of nitrogens with one attached hydrogen (secondary N) is 2. The van der Waals surface area contributed by atoms with Crippen molar-refractivity contribution in [2.24, 2.45) is 0 Å². The number of carbonyl (C=O) groups excluding carboxylic acids is 1. The normalized spacial score (nSPS) is 13.7. The SMILES string of the molecule is CC(C)c1nnc(NC(=O)NC(C)C(O)c2ccc(F)cc2)s1. The first-order valence-electron chi connectivity index (χ1n) is 7.21. The molecule has 0 saturated heterocycles. The van der Waals surface area contributed by atoms with Crippen LogP contribution in [0.3, 0.4) is 0 Å². The minimum atomic E-state index is -0.943. The first kappa shape index (κ1) is 17.3. The number of anilines is 1. The Morgan fingerprint density at radius 3 is 2.43 bits per heavy atom. The Bertz CT molecular complexity index is 660. The van der Waals surface area contributed by atoms with Crippen LogP contribution in [0.2, 0.25) is 0 Å². The molecule has 8 heteroatoms. The van der Waals surface area contributed by atoms with Crippen molar-refractivity contribution >= 4 is 22.5 Å². The summed E-state index contributed by atoms with van der Waals surface area (Å²) in [5, 5.41) is 24.5. The highest BCUT2D eigenvalue weighted by molar-refractivity contribution is 7.15. The average Bonchev–Trinajstić information content (AvgIpc) is 2.95. The van der Waals surface area contributed by atoms with Gasteiger partial charge < -0.3 is 10.4 Å². The minimum absolute atomic E-state index is 0.241. The number of amides is 2. The van der Waals surface area contributed by atoms with Crippen LogP contribution in [0.25, 0.3) is 0 Å². The molecule has 6 nitrogen and oxygen atoms in total. The number of aliphatic hydroxyl groups excluding tert-OH is 1. The smallest absolute Gasteiger partial charge is 0.321 e. The molecule has 124 valence electrons. The summed E-state index contributed by atoms with van der Waals surface area (Å²) in [6.45, 7) is 5.64. The Hall–Kier alpha value is -2.06. The van der Waals surface area contributed by atoms with Crippen molar-refractivity contribution in [3.05, 3.63) is 40.7 Å². The van der Waals surface area contributed by atoms with E-state index < -0.39 is 18.2 Å². The van der Waals surface area contributed by atoms with Gasteiger partial charge in [0.25, 0.3) is 0 Å². The third kappa shape index (κ3) is 4.70. The summed E-state index contributed by atoms with van der Waals surface area (Å²) in [6, 6.07) is 4.45. The standard InChI is InChI=1S/C15H19FN4O2S/c1-8(2)13-19-20-15(23-13)18-14(22)17-9(3)12(21)10-4-6-11(16)7-5-10/h4-9,12,21H,1-3H3,(H2,17,18,20,22). The highest BCUT2D eigenvalue weighted by Crippen LogP contribution is 2.22. The maximum atomic E-state index is 12.9. The Morgan fingerprint density at radius 1 is 1.22 bits per heavy atom. The van der Waals surface area contributed by atoms with Gasteiger partial charge in [0.05, 0.1) is 12.1 Å². The van der Waals surface area contributed by atoms with Crippen molar-refractivity contribution < 1.29 is 14.3 Å². The van der Waals surface area contributed by atoms with Crippen molar-refractivity contribution in [2.45, 2.75) is 38.8 Å². The second-order valence-electron chi connectivity index (χ2n) is 5.48. The maximum Gasteiger partial charge on any atom is 0.321 e. The van der Waals surface area contributed by atoms with E-state index in [9.17, 15) is 14.3 Å². The zero-order valence-corrected chi connectivity index (χ0v) is 13.9. The van der Waals surface area contributed by atoms with Crippen molar-refractivity contribution in [1.29, 1.82) is 0 Å². The van der Waals surface area contributed by atoms with Gasteiger partial charge in [-0.05, 0) is 24.6 Å². The minimum Gasteiger partial charge on any atom is -0.386 e. The number of hydrogen-bond donors (Lipinski definition) is 3. The highest BCUT2D eigenvalue weighted by atomic mass is 32.1. The molecule has 0 saturated carbocycles. The molecule has 2 atom stereocenters. The van der Waals surface area contributed by atoms with Gasteiger partial charge in [0.1, 0.15) is 10.8 Å². The van der Waals surface area contributed by atoms with Crippen LogP contribution in [0.15, 0.2) is 24.3 Å². The summed E-state index contributed by atoms with van der Waals surface area (Å²) >= 11 is 1.30. The lowest BCUT2D eigenvalue weighted by Gasteiger charge is -2.20. The van der Waals surface area contributed by atoms with Crippen LogP contribution in [0.1, 0.15) is 43.4 Å². The van der Waals surface area contributed by atoms with Gasteiger partial charge in [0, 0.05) is 5.92 Å². The van der Waals surface area contributed by atoms with E-state index in [0.29, 0.717) is 10.7 Å². The summed E-state index contributed by atoms with van der Waals surface area (Å²) in [7, 11) is 0. The van der Waals surface area contributed by atoms with Gasteiger partial charge in [0.2, 0.25) is 5.13 Å². The molecule has 23 heavy (non-hydrogen) atoms. The van der Waals surface area contributed by atoms with Gasteiger partial charge in [-0.3, -0.25) is 5.32 Å². The van der Waals surface area contributed by atoms with Gasteiger partial charge in [-0.1, -0.05) is 37.3 Å². The van der Waals surface area contributed by atoms with Crippen LogP contribution in [0.4, 0.5) is 14.3 Å². The summed E-state index contributed by atoms with van der Waals surface area (Å²) in [5.74, 6) is -0.137. The predicted octanol–water partition coefficient (Wildman–Crippen LogP) is 3.04. The van der Waals surface area contributed by atoms with Crippen molar-refractivity contribution in [3.8, 4) is 0 Å². The van der Waals surface area contributed by atoms with E-state index in [1.165, 1.54) is 35.6 Å². The average molecular weight is 338 g/mol. The topological polar surface area (TPSA) is 87.1 Å². The summed E-state index contributed by atoms with van der Waals surface area (Å²) in [5.41, 5.74) is 0.525. The maximum absolute atomic E-state index is 12.9. The number of benzene rings is 1. The molecule has 2 rings (SSSR count). The molecule has 1 aromatic heterocycles.